The first-order chi connectivity index (χ1) is 8.97. The first-order valence-corrected chi connectivity index (χ1v) is 7.51. The Balaban J connectivity index is 2.20. The molecule has 1 atom stereocenters. The van der Waals surface area contributed by atoms with Crippen LogP contribution in [0.2, 0.25) is 0 Å². The van der Waals surface area contributed by atoms with Crippen molar-refractivity contribution in [2.24, 2.45) is 5.73 Å². The van der Waals surface area contributed by atoms with Crippen LogP contribution in [0.15, 0.2) is 45.3 Å². The van der Waals surface area contributed by atoms with Gasteiger partial charge in [-0.1, -0.05) is 50.1 Å². The normalized spacial score (nSPS) is 12.5. The van der Waals surface area contributed by atoms with Gasteiger partial charge in [-0.2, -0.15) is 0 Å². The van der Waals surface area contributed by atoms with Gasteiger partial charge in [0.1, 0.15) is 5.82 Å². The van der Waals surface area contributed by atoms with Crippen LogP contribution < -0.4 is 5.73 Å². The molecular formula is C15H14Br2FN. The van der Waals surface area contributed by atoms with Crippen LogP contribution >= 0.6 is 31.9 Å². The summed E-state index contributed by atoms with van der Waals surface area (Å²) in [5.41, 5.74) is 8.94. The van der Waals surface area contributed by atoms with E-state index >= 15 is 0 Å². The molecule has 1 unspecified atom stereocenters. The molecule has 2 aromatic rings. The van der Waals surface area contributed by atoms with E-state index in [9.17, 15) is 4.39 Å². The van der Waals surface area contributed by atoms with Gasteiger partial charge >= 0.3 is 0 Å². The maximum Gasteiger partial charge on any atom is 0.127 e. The minimum Gasteiger partial charge on any atom is -0.324 e. The molecule has 0 heterocycles. The summed E-state index contributed by atoms with van der Waals surface area (Å²) in [4.78, 5) is 0. The number of hydrogen-bond donors (Lipinski definition) is 1. The Bertz CT molecular complexity index is 599. The molecule has 0 aliphatic heterocycles. The molecule has 0 saturated carbocycles. The van der Waals surface area contributed by atoms with E-state index in [1.54, 1.807) is 6.07 Å². The summed E-state index contributed by atoms with van der Waals surface area (Å²) >= 11 is 6.74. The summed E-state index contributed by atoms with van der Waals surface area (Å²) in [6.07, 6.45) is 0.481. The van der Waals surface area contributed by atoms with Gasteiger partial charge in [-0.15, -0.1) is 0 Å². The molecule has 4 heteroatoms. The standard InChI is InChI=1S/C15H14Br2FN/c1-9-2-3-11(6-13(9)17)15(19)7-10-4-5-12(16)8-14(10)18/h2-6,8,15H,7,19H2,1H3. The van der Waals surface area contributed by atoms with Crippen molar-refractivity contribution < 1.29 is 4.39 Å². The van der Waals surface area contributed by atoms with Crippen LogP contribution in [0.25, 0.3) is 0 Å². The number of nitrogens with two attached hydrogens (primary N) is 1. The van der Waals surface area contributed by atoms with Crippen molar-refractivity contribution in [2.45, 2.75) is 19.4 Å². The zero-order chi connectivity index (χ0) is 14.0. The number of rotatable bonds is 3. The van der Waals surface area contributed by atoms with Gasteiger partial charge in [0.05, 0.1) is 0 Å². The Morgan fingerprint density at radius 3 is 2.53 bits per heavy atom. The van der Waals surface area contributed by atoms with Crippen LogP contribution in [0.3, 0.4) is 0 Å². The minimum atomic E-state index is -0.226. The second-order valence-electron chi connectivity index (χ2n) is 4.55. The lowest BCUT2D eigenvalue weighted by atomic mass is 9.98. The quantitative estimate of drug-likeness (QED) is 0.797. The maximum absolute atomic E-state index is 13.8. The molecule has 0 radical (unpaired) electrons. The van der Waals surface area contributed by atoms with Crippen molar-refractivity contribution in [1.82, 2.24) is 0 Å². The number of hydrogen-bond acceptors (Lipinski definition) is 1. The molecule has 0 spiro atoms. The monoisotopic (exact) mass is 385 g/mol. The Labute approximate surface area is 129 Å². The molecule has 19 heavy (non-hydrogen) atoms. The molecule has 1 nitrogen and oxygen atoms in total. The largest absolute Gasteiger partial charge is 0.324 e. The van der Waals surface area contributed by atoms with Gasteiger partial charge in [-0.25, -0.2) is 4.39 Å². The highest BCUT2D eigenvalue weighted by molar-refractivity contribution is 9.10. The summed E-state index contributed by atoms with van der Waals surface area (Å²) in [7, 11) is 0. The third-order valence-electron chi connectivity index (χ3n) is 3.08. The molecule has 0 aliphatic carbocycles. The van der Waals surface area contributed by atoms with Crippen LogP contribution in [-0.2, 0) is 6.42 Å². The first-order valence-electron chi connectivity index (χ1n) is 5.93. The molecule has 0 amide bonds. The van der Waals surface area contributed by atoms with Crippen molar-refractivity contribution >= 4 is 31.9 Å². The lowest BCUT2D eigenvalue weighted by molar-refractivity contribution is 0.592. The first kappa shape index (κ1) is 14.7. The lowest BCUT2D eigenvalue weighted by Gasteiger charge is -2.14. The highest BCUT2D eigenvalue weighted by Gasteiger charge is 2.11. The Morgan fingerprint density at radius 2 is 1.89 bits per heavy atom. The van der Waals surface area contributed by atoms with E-state index in [0.29, 0.717) is 12.0 Å². The van der Waals surface area contributed by atoms with Crippen LogP contribution in [0.1, 0.15) is 22.7 Å². The van der Waals surface area contributed by atoms with Crippen molar-refractivity contribution in [2.75, 3.05) is 0 Å². The Morgan fingerprint density at radius 1 is 1.16 bits per heavy atom. The fourth-order valence-electron chi connectivity index (χ4n) is 1.88. The third-order valence-corrected chi connectivity index (χ3v) is 4.43. The molecule has 2 N–H and O–H groups in total. The minimum absolute atomic E-state index is 0.215. The number of halogens is 3. The Kier molecular flexibility index (Phi) is 4.76. The van der Waals surface area contributed by atoms with Crippen LogP contribution in [0.5, 0.6) is 0 Å². The summed E-state index contributed by atoms with van der Waals surface area (Å²) in [6.45, 7) is 2.02. The molecule has 0 saturated heterocycles. The highest BCUT2D eigenvalue weighted by Crippen LogP contribution is 2.24. The molecule has 0 aromatic heterocycles. The maximum atomic E-state index is 13.8. The molecule has 100 valence electrons. The summed E-state index contributed by atoms with van der Waals surface area (Å²) in [6, 6.07) is 10.8. The van der Waals surface area contributed by atoms with Gasteiger partial charge < -0.3 is 5.73 Å². The van der Waals surface area contributed by atoms with E-state index in [1.165, 1.54) is 6.07 Å². The van der Waals surface area contributed by atoms with Gasteiger partial charge in [0, 0.05) is 15.0 Å². The van der Waals surface area contributed by atoms with Gasteiger partial charge in [-0.05, 0) is 48.2 Å². The lowest BCUT2D eigenvalue weighted by Crippen LogP contribution is -2.14. The molecule has 0 aliphatic rings. The van der Waals surface area contributed by atoms with Gasteiger partial charge in [-0.3, -0.25) is 0 Å². The van der Waals surface area contributed by atoms with Crippen molar-refractivity contribution in [3.63, 3.8) is 0 Å². The SMILES string of the molecule is Cc1ccc(C(N)Cc2ccc(Br)cc2F)cc1Br. The number of benzene rings is 2. The highest BCUT2D eigenvalue weighted by atomic mass is 79.9. The zero-order valence-corrected chi connectivity index (χ0v) is 13.6. The fourth-order valence-corrected chi connectivity index (χ4v) is 2.61. The van der Waals surface area contributed by atoms with E-state index in [-0.39, 0.29) is 11.9 Å². The van der Waals surface area contributed by atoms with E-state index < -0.39 is 0 Å². The fraction of sp³-hybridized carbons (Fsp3) is 0.200. The number of aryl methyl sites for hydroxylation is 1. The summed E-state index contributed by atoms with van der Waals surface area (Å²) < 4.78 is 15.5. The predicted octanol–water partition coefficient (Wildman–Crippen LogP) is 4.90. The topological polar surface area (TPSA) is 26.0 Å². The van der Waals surface area contributed by atoms with Crippen LogP contribution in [-0.4, -0.2) is 0 Å². The van der Waals surface area contributed by atoms with E-state index in [1.807, 2.05) is 31.2 Å². The Hall–Kier alpha value is -0.710. The average Bonchev–Trinajstić information content (AvgIpc) is 2.36. The molecular weight excluding hydrogens is 373 g/mol. The third kappa shape index (κ3) is 3.65. The predicted molar refractivity (Wildman–Crippen MR) is 83.6 cm³/mol. The molecule has 0 fully saturated rings. The molecule has 2 rings (SSSR count). The van der Waals surface area contributed by atoms with Crippen LogP contribution in [0, 0.1) is 12.7 Å². The van der Waals surface area contributed by atoms with Crippen molar-refractivity contribution in [3.05, 3.63) is 67.9 Å². The van der Waals surface area contributed by atoms with Gasteiger partial charge in [0.2, 0.25) is 0 Å². The second kappa shape index (κ2) is 6.16. The van der Waals surface area contributed by atoms with E-state index in [4.69, 9.17) is 5.73 Å². The summed E-state index contributed by atoms with van der Waals surface area (Å²) in [5.74, 6) is -0.226. The molecule has 0 bridgehead atoms. The zero-order valence-electron chi connectivity index (χ0n) is 10.5. The van der Waals surface area contributed by atoms with E-state index in [0.717, 1.165) is 20.1 Å². The second-order valence-corrected chi connectivity index (χ2v) is 6.32. The van der Waals surface area contributed by atoms with E-state index in [2.05, 4.69) is 31.9 Å². The average molecular weight is 387 g/mol. The van der Waals surface area contributed by atoms with Gasteiger partial charge in [0.15, 0.2) is 0 Å². The van der Waals surface area contributed by atoms with Crippen molar-refractivity contribution in [1.29, 1.82) is 0 Å². The van der Waals surface area contributed by atoms with Crippen molar-refractivity contribution in [3.8, 4) is 0 Å². The smallest absolute Gasteiger partial charge is 0.127 e. The summed E-state index contributed by atoms with van der Waals surface area (Å²) in [5, 5.41) is 0. The van der Waals surface area contributed by atoms with Crippen LogP contribution in [0.4, 0.5) is 4.39 Å². The van der Waals surface area contributed by atoms with Gasteiger partial charge in [0.25, 0.3) is 0 Å². The molecule has 2 aromatic carbocycles.